The summed E-state index contributed by atoms with van der Waals surface area (Å²) in [5.74, 6) is 1.35. The van der Waals surface area contributed by atoms with Crippen LogP contribution in [0.5, 0.6) is 0 Å². The molecule has 27 heavy (non-hydrogen) atoms. The second kappa shape index (κ2) is 8.71. The van der Waals surface area contributed by atoms with E-state index in [0.29, 0.717) is 5.92 Å². The molecule has 0 N–H and O–H groups in total. The predicted octanol–water partition coefficient (Wildman–Crippen LogP) is 4.69. The van der Waals surface area contributed by atoms with Gasteiger partial charge in [-0.05, 0) is 24.8 Å². The van der Waals surface area contributed by atoms with Crippen LogP contribution in [0.4, 0.5) is 0 Å². The van der Waals surface area contributed by atoms with Crippen molar-refractivity contribution < 1.29 is 4.79 Å². The zero-order chi connectivity index (χ0) is 19.2. The summed E-state index contributed by atoms with van der Waals surface area (Å²) in [6.45, 7) is 8.57. The molecular formula is C22H26N4O. The molecule has 0 aliphatic heterocycles. The second-order valence-corrected chi connectivity index (χ2v) is 7.04. The molecule has 5 nitrogen and oxygen atoms in total. The predicted molar refractivity (Wildman–Crippen MR) is 108 cm³/mol. The van der Waals surface area contributed by atoms with Crippen LogP contribution in [0.3, 0.4) is 0 Å². The summed E-state index contributed by atoms with van der Waals surface area (Å²) in [6.07, 6.45) is 7.70. The molecule has 0 aliphatic carbocycles. The van der Waals surface area contributed by atoms with Gasteiger partial charge in [-0.25, -0.2) is 15.0 Å². The molecule has 2 aromatic heterocycles. The average molecular weight is 362 g/mol. The monoisotopic (exact) mass is 362 g/mol. The third-order valence-corrected chi connectivity index (χ3v) is 4.95. The maximum Gasteiger partial charge on any atom is 0.163 e. The molecule has 2 heterocycles. The number of aromatic nitrogens is 4. The minimum atomic E-state index is -0.0244. The van der Waals surface area contributed by atoms with Crippen LogP contribution in [-0.2, 0) is 11.3 Å². The number of fused-ring (bicyclic) bond motifs is 1. The fraction of sp³-hybridized carbons (Fsp3) is 0.364. The summed E-state index contributed by atoms with van der Waals surface area (Å²) in [4.78, 5) is 25.4. The molecule has 0 radical (unpaired) electrons. The van der Waals surface area contributed by atoms with Gasteiger partial charge >= 0.3 is 0 Å². The number of benzene rings is 1. The summed E-state index contributed by atoms with van der Waals surface area (Å²) in [5, 5.41) is 0. The van der Waals surface area contributed by atoms with E-state index < -0.39 is 0 Å². The highest BCUT2D eigenvalue weighted by Gasteiger charge is 2.21. The minimum absolute atomic E-state index is 0.0244. The van der Waals surface area contributed by atoms with Crippen LogP contribution >= 0.6 is 0 Å². The molecule has 2 unspecified atom stereocenters. The van der Waals surface area contributed by atoms with Gasteiger partial charge in [0.1, 0.15) is 17.7 Å². The van der Waals surface area contributed by atoms with Crippen molar-refractivity contribution in [2.75, 3.05) is 0 Å². The van der Waals surface area contributed by atoms with Gasteiger partial charge in [0.25, 0.3) is 0 Å². The van der Waals surface area contributed by atoms with Crippen LogP contribution in [0.2, 0.25) is 0 Å². The fourth-order valence-electron chi connectivity index (χ4n) is 3.63. The first kappa shape index (κ1) is 19.0. The first-order valence-electron chi connectivity index (χ1n) is 9.52. The van der Waals surface area contributed by atoms with Gasteiger partial charge in [-0.15, -0.1) is 0 Å². The molecule has 5 heteroatoms. The van der Waals surface area contributed by atoms with Crippen molar-refractivity contribution in [2.24, 2.45) is 11.8 Å². The number of ketones is 1. The van der Waals surface area contributed by atoms with E-state index in [1.165, 1.54) is 6.08 Å². The summed E-state index contributed by atoms with van der Waals surface area (Å²) in [5.41, 5.74) is 2.69. The lowest BCUT2D eigenvalue weighted by atomic mass is 9.89. The molecule has 0 amide bonds. The molecule has 0 aliphatic rings. The van der Waals surface area contributed by atoms with Crippen molar-refractivity contribution in [1.29, 1.82) is 0 Å². The average Bonchev–Trinajstić information content (AvgIpc) is 3.06. The van der Waals surface area contributed by atoms with Gasteiger partial charge in [0.2, 0.25) is 0 Å². The largest absolute Gasteiger partial charge is 0.308 e. The Bertz CT molecular complexity index is 916. The number of rotatable bonds is 9. The van der Waals surface area contributed by atoms with Gasteiger partial charge in [0, 0.05) is 18.0 Å². The zero-order valence-corrected chi connectivity index (χ0v) is 16.0. The number of carbonyl (C=O) groups excluding carboxylic acids is 1. The van der Waals surface area contributed by atoms with Crippen LogP contribution in [-0.4, -0.2) is 25.3 Å². The Kier molecular flexibility index (Phi) is 6.12. The number of imidazole rings is 1. The van der Waals surface area contributed by atoms with Crippen LogP contribution < -0.4 is 0 Å². The van der Waals surface area contributed by atoms with E-state index in [9.17, 15) is 4.79 Å². The number of hydrogen-bond acceptors (Lipinski definition) is 4. The molecule has 1 aromatic carbocycles. The highest BCUT2D eigenvalue weighted by atomic mass is 16.1. The lowest BCUT2D eigenvalue weighted by Gasteiger charge is -2.21. The van der Waals surface area contributed by atoms with Gasteiger partial charge in [-0.3, -0.25) is 4.79 Å². The molecule has 0 saturated heterocycles. The van der Waals surface area contributed by atoms with Crippen molar-refractivity contribution in [1.82, 2.24) is 19.5 Å². The molecule has 0 bridgehead atoms. The van der Waals surface area contributed by atoms with Crippen LogP contribution in [0.15, 0.2) is 55.5 Å². The Morgan fingerprint density at radius 2 is 2.07 bits per heavy atom. The van der Waals surface area contributed by atoms with E-state index in [-0.39, 0.29) is 11.7 Å². The van der Waals surface area contributed by atoms with E-state index in [2.05, 4.69) is 40.2 Å². The summed E-state index contributed by atoms with van der Waals surface area (Å²) >= 11 is 0. The van der Waals surface area contributed by atoms with Crippen LogP contribution in [0, 0.1) is 11.8 Å². The van der Waals surface area contributed by atoms with E-state index in [0.717, 1.165) is 48.4 Å². The molecular weight excluding hydrogens is 336 g/mol. The Hall–Kier alpha value is -2.82. The van der Waals surface area contributed by atoms with Crippen molar-refractivity contribution in [3.63, 3.8) is 0 Å². The van der Waals surface area contributed by atoms with E-state index in [1.54, 1.807) is 12.5 Å². The quantitative estimate of drug-likeness (QED) is 0.518. The molecule has 0 fully saturated rings. The SMILES string of the molecule is C=CC(=O)C(C)CC(CCC)Cn1c(-c2ccccc2)nc2cncnc21. The second-order valence-electron chi connectivity index (χ2n) is 7.04. The van der Waals surface area contributed by atoms with Crippen LogP contribution in [0.1, 0.15) is 33.1 Å². The molecule has 0 spiro atoms. The van der Waals surface area contributed by atoms with Gasteiger partial charge < -0.3 is 4.57 Å². The van der Waals surface area contributed by atoms with E-state index in [4.69, 9.17) is 4.98 Å². The van der Waals surface area contributed by atoms with Crippen molar-refractivity contribution in [2.45, 2.75) is 39.7 Å². The molecule has 0 saturated carbocycles. The first-order valence-corrected chi connectivity index (χ1v) is 9.52. The molecule has 3 aromatic rings. The van der Waals surface area contributed by atoms with Gasteiger partial charge in [0.05, 0.1) is 6.20 Å². The minimum Gasteiger partial charge on any atom is -0.308 e. The molecule has 3 rings (SSSR count). The first-order chi connectivity index (χ1) is 13.1. The number of nitrogens with zero attached hydrogens (tertiary/aromatic N) is 4. The van der Waals surface area contributed by atoms with Gasteiger partial charge in [-0.2, -0.15) is 0 Å². The lowest BCUT2D eigenvalue weighted by molar-refractivity contribution is -0.118. The maximum atomic E-state index is 12.0. The standard InChI is InChI=1S/C22H26N4O/c1-4-9-17(12-16(3)20(27)5-2)14-26-21(18-10-7-6-8-11-18)25-19-13-23-15-24-22(19)26/h5-8,10-11,13,15-17H,2,4,9,12,14H2,1,3H3. The zero-order valence-electron chi connectivity index (χ0n) is 16.0. The third kappa shape index (κ3) is 4.30. The number of hydrogen-bond donors (Lipinski definition) is 0. The Balaban J connectivity index is 1.98. The van der Waals surface area contributed by atoms with Gasteiger partial charge in [-0.1, -0.05) is 57.2 Å². The molecule has 2 atom stereocenters. The molecule has 140 valence electrons. The summed E-state index contributed by atoms with van der Waals surface area (Å²) < 4.78 is 2.18. The highest BCUT2D eigenvalue weighted by molar-refractivity contribution is 5.90. The number of allylic oxidation sites excluding steroid dienone is 1. The Labute approximate surface area is 160 Å². The third-order valence-electron chi connectivity index (χ3n) is 4.95. The smallest absolute Gasteiger partial charge is 0.163 e. The number of carbonyl (C=O) groups is 1. The van der Waals surface area contributed by atoms with E-state index >= 15 is 0 Å². The normalized spacial score (nSPS) is 13.4. The highest BCUT2D eigenvalue weighted by Crippen LogP contribution is 2.27. The lowest BCUT2D eigenvalue weighted by Crippen LogP contribution is -2.18. The van der Waals surface area contributed by atoms with Crippen molar-refractivity contribution in [3.05, 3.63) is 55.5 Å². The van der Waals surface area contributed by atoms with Crippen molar-refractivity contribution >= 4 is 16.9 Å². The van der Waals surface area contributed by atoms with Crippen LogP contribution in [0.25, 0.3) is 22.6 Å². The van der Waals surface area contributed by atoms with E-state index in [1.807, 2.05) is 25.1 Å². The van der Waals surface area contributed by atoms with Crippen molar-refractivity contribution in [3.8, 4) is 11.4 Å². The topological polar surface area (TPSA) is 60.7 Å². The maximum absolute atomic E-state index is 12.0. The Morgan fingerprint density at radius 3 is 2.78 bits per heavy atom. The Morgan fingerprint density at radius 1 is 1.30 bits per heavy atom. The van der Waals surface area contributed by atoms with Gasteiger partial charge in [0.15, 0.2) is 11.4 Å². The summed E-state index contributed by atoms with van der Waals surface area (Å²) in [6, 6.07) is 10.1. The fourth-order valence-corrected chi connectivity index (χ4v) is 3.63. The summed E-state index contributed by atoms with van der Waals surface area (Å²) in [7, 11) is 0.